The van der Waals surface area contributed by atoms with Gasteiger partial charge in [-0.15, -0.1) is 12.4 Å². The number of aliphatic hydroxyl groups excluding tert-OH is 1. The largest absolute Gasteiger partial charge is 0.493 e. The van der Waals surface area contributed by atoms with E-state index >= 15 is 0 Å². The van der Waals surface area contributed by atoms with E-state index in [4.69, 9.17) is 19.9 Å². The van der Waals surface area contributed by atoms with Crippen LogP contribution >= 0.6 is 12.4 Å². The summed E-state index contributed by atoms with van der Waals surface area (Å²) in [5.74, 6) is 1.08. The maximum Gasteiger partial charge on any atom is 0.241 e. The van der Waals surface area contributed by atoms with Crippen molar-refractivity contribution in [3.05, 3.63) is 23.8 Å². The van der Waals surface area contributed by atoms with Crippen LogP contribution in [0.2, 0.25) is 0 Å². The minimum atomic E-state index is -0.838. The fourth-order valence-corrected chi connectivity index (χ4v) is 4.32. The number of carbonyl (C=O) groups is 2. The van der Waals surface area contributed by atoms with Crippen LogP contribution in [0, 0.1) is 23.7 Å². The predicted octanol–water partition coefficient (Wildman–Crippen LogP) is 3.29. The number of hydrogen-bond acceptors (Lipinski definition) is 7. The first-order valence-corrected chi connectivity index (χ1v) is 13.6. The number of benzene rings is 1. The molecule has 0 spiro atoms. The monoisotopic (exact) mass is 573 g/mol. The second kappa shape index (κ2) is 19.1. The number of carbonyl (C=O) groups excluding carboxylic acids is 2. The molecule has 0 saturated carbocycles. The number of halogens is 1. The summed E-state index contributed by atoms with van der Waals surface area (Å²) in [6.07, 6.45) is 1.58. The number of amides is 2. The summed E-state index contributed by atoms with van der Waals surface area (Å²) < 4.78 is 16.5. The zero-order valence-electron chi connectivity index (χ0n) is 25.1. The second-order valence-electron chi connectivity index (χ2n) is 10.9. The van der Waals surface area contributed by atoms with Crippen LogP contribution in [0.3, 0.4) is 0 Å². The molecular weight excluding hydrogens is 522 g/mol. The maximum atomic E-state index is 12.8. The topological polar surface area (TPSA) is 123 Å². The van der Waals surface area contributed by atoms with E-state index in [1.54, 1.807) is 28.3 Å². The third kappa shape index (κ3) is 13.2. The zero-order valence-corrected chi connectivity index (χ0v) is 25.9. The van der Waals surface area contributed by atoms with Gasteiger partial charge >= 0.3 is 0 Å². The van der Waals surface area contributed by atoms with Crippen LogP contribution in [-0.4, -0.2) is 82.0 Å². The van der Waals surface area contributed by atoms with Gasteiger partial charge in [-0.05, 0) is 54.7 Å². The highest BCUT2D eigenvalue weighted by atomic mass is 35.5. The van der Waals surface area contributed by atoms with Crippen molar-refractivity contribution in [1.29, 1.82) is 0 Å². The quantitative estimate of drug-likeness (QED) is 0.230. The molecule has 0 unspecified atom stereocenters. The Hall–Kier alpha value is -2.07. The first-order chi connectivity index (χ1) is 17.9. The number of methoxy groups -OCH3 is 2. The van der Waals surface area contributed by atoms with Gasteiger partial charge in [-0.1, -0.05) is 33.8 Å². The summed E-state index contributed by atoms with van der Waals surface area (Å²) in [7, 11) is 6.58. The molecule has 0 radical (unpaired) electrons. The van der Waals surface area contributed by atoms with Crippen molar-refractivity contribution >= 4 is 24.2 Å². The number of nitrogens with zero attached hydrogens (tertiary/aromatic N) is 1. The number of nitrogens with one attached hydrogen (secondary N) is 1. The van der Waals surface area contributed by atoms with Gasteiger partial charge in [0.1, 0.15) is 0 Å². The summed E-state index contributed by atoms with van der Waals surface area (Å²) in [5.41, 5.74) is 7.60. The van der Waals surface area contributed by atoms with Crippen molar-refractivity contribution in [2.24, 2.45) is 29.4 Å². The maximum absolute atomic E-state index is 12.8. The minimum Gasteiger partial charge on any atom is -0.493 e. The lowest BCUT2D eigenvalue weighted by Crippen LogP contribution is -2.44. The number of likely N-dealkylation sites (N-methyl/N-ethyl adjacent to an activating group) is 1. The molecule has 0 bridgehead atoms. The highest BCUT2D eigenvalue weighted by Gasteiger charge is 2.30. The van der Waals surface area contributed by atoms with Crippen molar-refractivity contribution < 1.29 is 28.9 Å². The lowest BCUT2D eigenvalue weighted by Gasteiger charge is -2.30. The second-order valence-corrected chi connectivity index (χ2v) is 10.9. The van der Waals surface area contributed by atoms with E-state index < -0.39 is 18.1 Å². The van der Waals surface area contributed by atoms with E-state index in [1.165, 1.54) is 4.90 Å². The number of aliphatic hydroxyl groups is 1. The van der Waals surface area contributed by atoms with Crippen molar-refractivity contribution in [2.75, 3.05) is 48.1 Å². The van der Waals surface area contributed by atoms with E-state index in [9.17, 15) is 14.7 Å². The number of nitrogens with two attached hydrogens (primary N) is 1. The van der Waals surface area contributed by atoms with Crippen LogP contribution < -0.4 is 20.5 Å². The Kier molecular flexibility index (Phi) is 18.1. The predicted molar refractivity (Wildman–Crippen MR) is 158 cm³/mol. The van der Waals surface area contributed by atoms with Crippen LogP contribution in [0.25, 0.3) is 0 Å². The molecule has 0 aliphatic rings. The molecule has 2 amide bonds. The Morgan fingerprint density at radius 3 is 2.23 bits per heavy atom. The molecule has 9 nitrogen and oxygen atoms in total. The third-order valence-electron chi connectivity index (χ3n) is 7.04. The molecule has 39 heavy (non-hydrogen) atoms. The molecule has 10 heteroatoms. The van der Waals surface area contributed by atoms with Crippen LogP contribution in [0.15, 0.2) is 18.2 Å². The van der Waals surface area contributed by atoms with Gasteiger partial charge in [0.2, 0.25) is 11.8 Å². The smallest absolute Gasteiger partial charge is 0.241 e. The average Bonchev–Trinajstić information content (AvgIpc) is 2.87. The molecule has 226 valence electrons. The van der Waals surface area contributed by atoms with Gasteiger partial charge in [-0.3, -0.25) is 9.59 Å². The lowest BCUT2D eigenvalue weighted by molar-refractivity contribution is -0.133. The molecule has 4 N–H and O–H groups in total. The van der Waals surface area contributed by atoms with Gasteiger partial charge in [0.15, 0.2) is 11.5 Å². The molecule has 0 aliphatic carbocycles. The van der Waals surface area contributed by atoms with E-state index in [0.29, 0.717) is 37.1 Å². The van der Waals surface area contributed by atoms with E-state index in [-0.39, 0.29) is 49.0 Å². The summed E-state index contributed by atoms with van der Waals surface area (Å²) in [5, 5.41) is 13.7. The van der Waals surface area contributed by atoms with Gasteiger partial charge < -0.3 is 35.3 Å². The number of rotatable bonds is 18. The van der Waals surface area contributed by atoms with E-state index in [0.717, 1.165) is 18.4 Å². The molecule has 4 atom stereocenters. The fraction of sp³-hybridized carbons (Fsp3) is 0.724. The molecule has 1 rings (SSSR count). The standard InChI is InChI=1S/C29H51N3O6.ClH/c1-19(2)22(14-21-10-11-26(37-8)27(15-21)38-13-9-12-36-7)16-24(30)25(33)17-23(20(3)4)29(35)31-18-28(34)32(5)6;/h10-11,15,19-20,22-25,33H,9,12-14,16-18,30H2,1-8H3,(H,31,35);1H/t22-,23-,24-,25-;/m0./s1. The normalized spacial score (nSPS) is 14.3. The van der Waals surface area contributed by atoms with Gasteiger partial charge in [-0.2, -0.15) is 0 Å². The minimum absolute atomic E-state index is 0. The Labute approximate surface area is 241 Å². The first-order valence-electron chi connectivity index (χ1n) is 13.6. The van der Waals surface area contributed by atoms with Crippen molar-refractivity contribution in [1.82, 2.24) is 10.2 Å². The zero-order chi connectivity index (χ0) is 28.8. The van der Waals surface area contributed by atoms with Crippen molar-refractivity contribution in [3.8, 4) is 11.5 Å². The Morgan fingerprint density at radius 1 is 1.03 bits per heavy atom. The van der Waals surface area contributed by atoms with E-state index in [2.05, 4.69) is 19.2 Å². The highest BCUT2D eigenvalue weighted by molar-refractivity contribution is 5.86. The van der Waals surface area contributed by atoms with Gasteiger partial charge in [0, 0.05) is 46.2 Å². The van der Waals surface area contributed by atoms with Gasteiger partial charge in [0.25, 0.3) is 0 Å². The molecule has 0 fully saturated rings. The van der Waals surface area contributed by atoms with Crippen molar-refractivity contribution in [2.45, 2.75) is 65.5 Å². The van der Waals surface area contributed by atoms with Crippen LogP contribution in [0.4, 0.5) is 0 Å². The molecule has 0 aromatic heterocycles. The molecule has 1 aromatic rings. The van der Waals surface area contributed by atoms with Gasteiger partial charge in [-0.25, -0.2) is 0 Å². The Morgan fingerprint density at radius 2 is 1.69 bits per heavy atom. The summed E-state index contributed by atoms with van der Waals surface area (Å²) >= 11 is 0. The molecule has 1 aromatic carbocycles. The number of ether oxygens (including phenoxy) is 3. The highest BCUT2D eigenvalue weighted by Crippen LogP contribution is 2.31. The SMILES string of the molecule is COCCCOc1cc(C[C@@H](C[C@H](N)[C@@H](O)C[C@H](C(=O)NCC(=O)N(C)C)C(C)C)C(C)C)ccc1OC.Cl. The fourth-order valence-electron chi connectivity index (χ4n) is 4.32. The van der Waals surface area contributed by atoms with Gasteiger partial charge in [0.05, 0.1) is 26.4 Å². The summed E-state index contributed by atoms with van der Waals surface area (Å²) in [6, 6.07) is 5.48. The third-order valence-corrected chi connectivity index (χ3v) is 7.04. The molecular formula is C29H52ClN3O6. The molecule has 0 saturated heterocycles. The molecule has 0 aliphatic heterocycles. The summed E-state index contributed by atoms with van der Waals surface area (Å²) in [6.45, 7) is 9.28. The lowest BCUT2D eigenvalue weighted by atomic mass is 9.81. The average molecular weight is 574 g/mol. The van der Waals surface area contributed by atoms with E-state index in [1.807, 2.05) is 32.0 Å². The Balaban J connectivity index is 0.0000144. The number of hydrogen-bond donors (Lipinski definition) is 3. The van der Waals surface area contributed by atoms with Crippen LogP contribution in [-0.2, 0) is 20.7 Å². The molecule has 0 heterocycles. The van der Waals surface area contributed by atoms with Crippen LogP contribution in [0.5, 0.6) is 11.5 Å². The Bertz CT molecular complexity index is 852. The van der Waals surface area contributed by atoms with Crippen LogP contribution in [0.1, 0.15) is 52.5 Å². The van der Waals surface area contributed by atoms with Crippen molar-refractivity contribution in [3.63, 3.8) is 0 Å². The first kappa shape index (κ1) is 36.9. The summed E-state index contributed by atoms with van der Waals surface area (Å²) in [4.78, 5) is 26.1.